The number of hydrogen-bond acceptors (Lipinski definition) is 6. The predicted octanol–water partition coefficient (Wildman–Crippen LogP) is 17.4. The van der Waals surface area contributed by atoms with E-state index in [1.165, 1.54) is 41.5 Å². The SMILES string of the molecule is c1ccc(-c2nc(-c3ccccc3)nc(-c3c4ccccc4c(-c4ccc5c(c4)[se]c4c(-c6c7ccccc7c(-c7nc(-c8ccccc8)nc(-c8ccccc8)n7)c7ccccc67)cccc45)c4ccccc34)n2)cc1. The van der Waals surface area contributed by atoms with Gasteiger partial charge in [0.2, 0.25) is 0 Å². The van der Waals surface area contributed by atoms with E-state index in [-0.39, 0.29) is 14.5 Å². The summed E-state index contributed by atoms with van der Waals surface area (Å²) in [7, 11) is 0. The molecule has 0 amide bonds. The van der Waals surface area contributed by atoms with Gasteiger partial charge in [0.05, 0.1) is 0 Å². The van der Waals surface area contributed by atoms with E-state index in [0.29, 0.717) is 34.9 Å². The molecule has 7 heteroatoms. The van der Waals surface area contributed by atoms with Crippen molar-refractivity contribution in [1.82, 2.24) is 29.9 Å². The summed E-state index contributed by atoms with van der Waals surface area (Å²) < 4.78 is 2.75. The van der Waals surface area contributed by atoms with Crippen molar-refractivity contribution in [3.05, 3.63) is 255 Å². The van der Waals surface area contributed by atoms with E-state index >= 15 is 0 Å². The summed E-state index contributed by atoms with van der Waals surface area (Å²) in [6.45, 7) is 0. The summed E-state index contributed by atoms with van der Waals surface area (Å²) in [6, 6.07) is 89.9. The first kappa shape index (κ1) is 44.7. The van der Waals surface area contributed by atoms with Gasteiger partial charge in [-0.25, -0.2) is 0 Å². The van der Waals surface area contributed by atoms with Gasteiger partial charge in [-0.2, -0.15) is 0 Å². The van der Waals surface area contributed by atoms with E-state index < -0.39 is 0 Å². The molecule has 0 aliphatic carbocycles. The van der Waals surface area contributed by atoms with Crippen LogP contribution in [0.25, 0.3) is 153 Å². The Morgan fingerprint density at radius 1 is 0.208 bits per heavy atom. The molecule has 0 atom stereocenters. The van der Waals surface area contributed by atoms with Crippen molar-refractivity contribution in [2.75, 3.05) is 0 Å². The molecule has 0 saturated heterocycles. The van der Waals surface area contributed by atoms with Crippen LogP contribution in [-0.2, 0) is 0 Å². The zero-order valence-corrected chi connectivity index (χ0v) is 43.1. The summed E-state index contributed by atoms with van der Waals surface area (Å²) in [4.78, 5) is 31.2. The molecule has 77 heavy (non-hydrogen) atoms. The van der Waals surface area contributed by atoms with Gasteiger partial charge in [-0.1, -0.05) is 48.5 Å². The minimum absolute atomic E-state index is 0.0143. The Kier molecular flexibility index (Phi) is 10.8. The van der Waals surface area contributed by atoms with Crippen molar-refractivity contribution in [3.63, 3.8) is 0 Å². The van der Waals surface area contributed by atoms with E-state index in [4.69, 9.17) is 29.9 Å². The maximum atomic E-state index is 5.28. The fourth-order valence-corrected chi connectivity index (χ4v) is 14.0. The number of benzene rings is 12. The Balaban J connectivity index is 0.920. The Bertz CT molecular complexity index is 4560. The van der Waals surface area contributed by atoms with E-state index in [9.17, 15) is 0 Å². The number of nitrogens with zero attached hydrogens (tertiary/aromatic N) is 6. The molecule has 15 aromatic rings. The van der Waals surface area contributed by atoms with E-state index in [2.05, 4.69) is 182 Å². The van der Waals surface area contributed by atoms with Crippen LogP contribution in [0.5, 0.6) is 0 Å². The van der Waals surface area contributed by atoms with Gasteiger partial charge in [0.1, 0.15) is 0 Å². The summed E-state index contributed by atoms with van der Waals surface area (Å²) in [5, 5.41) is 11.6. The minimum atomic E-state index is -0.0143. The molecule has 3 heterocycles. The van der Waals surface area contributed by atoms with Gasteiger partial charge in [-0.05, 0) is 0 Å². The van der Waals surface area contributed by atoms with Gasteiger partial charge >= 0.3 is 404 Å². The summed E-state index contributed by atoms with van der Waals surface area (Å²) in [5.41, 5.74) is 10.6. The summed E-state index contributed by atoms with van der Waals surface area (Å²) >= 11 is -0.0143. The van der Waals surface area contributed by atoms with Crippen LogP contribution in [0.2, 0.25) is 0 Å². The second-order valence-electron chi connectivity index (χ2n) is 19.3. The van der Waals surface area contributed by atoms with E-state index in [0.717, 1.165) is 76.5 Å². The first-order chi connectivity index (χ1) is 38.2. The molecular formula is C70H42N6Se. The fourth-order valence-electron chi connectivity index (χ4n) is 11.3. The molecule has 6 nitrogen and oxygen atoms in total. The maximum absolute atomic E-state index is 5.28. The molecule has 0 aliphatic heterocycles. The van der Waals surface area contributed by atoms with Crippen LogP contribution in [0, 0.1) is 0 Å². The smallest absolute Gasteiger partial charge is 0.0615 e. The van der Waals surface area contributed by atoms with Crippen molar-refractivity contribution in [1.29, 1.82) is 0 Å². The van der Waals surface area contributed by atoms with Crippen LogP contribution in [0.15, 0.2) is 255 Å². The Hall–Kier alpha value is -9.78. The first-order valence-corrected chi connectivity index (χ1v) is 27.5. The fraction of sp³-hybridized carbons (Fsp3) is 0. The molecule has 0 bridgehead atoms. The van der Waals surface area contributed by atoms with Crippen LogP contribution in [0.1, 0.15) is 0 Å². The van der Waals surface area contributed by atoms with Gasteiger partial charge in [-0.3, -0.25) is 0 Å². The van der Waals surface area contributed by atoms with Gasteiger partial charge in [-0.15, -0.1) is 0 Å². The third-order valence-electron chi connectivity index (χ3n) is 14.8. The van der Waals surface area contributed by atoms with Crippen molar-refractivity contribution in [2.24, 2.45) is 0 Å². The summed E-state index contributed by atoms with van der Waals surface area (Å²) in [6.07, 6.45) is 0. The molecule has 0 unspecified atom stereocenters. The van der Waals surface area contributed by atoms with Crippen LogP contribution in [0.3, 0.4) is 0 Å². The van der Waals surface area contributed by atoms with Crippen molar-refractivity contribution >= 4 is 76.9 Å². The van der Waals surface area contributed by atoms with Crippen LogP contribution in [0.4, 0.5) is 0 Å². The average molecular weight is 1050 g/mol. The number of rotatable bonds is 8. The number of hydrogen-bond donors (Lipinski definition) is 0. The van der Waals surface area contributed by atoms with Crippen LogP contribution < -0.4 is 0 Å². The van der Waals surface area contributed by atoms with Crippen molar-refractivity contribution in [3.8, 4) is 90.6 Å². The van der Waals surface area contributed by atoms with Crippen molar-refractivity contribution in [2.45, 2.75) is 0 Å². The third-order valence-corrected chi connectivity index (χ3v) is 17.3. The van der Waals surface area contributed by atoms with E-state index in [1.54, 1.807) is 0 Å². The van der Waals surface area contributed by atoms with Gasteiger partial charge < -0.3 is 0 Å². The zero-order chi connectivity index (χ0) is 50.8. The molecule has 0 fully saturated rings. The molecule has 0 aliphatic rings. The molecule has 0 saturated carbocycles. The molecule has 358 valence electrons. The van der Waals surface area contributed by atoms with E-state index in [1.807, 2.05) is 72.8 Å². The van der Waals surface area contributed by atoms with Gasteiger partial charge in [0.15, 0.2) is 0 Å². The first-order valence-electron chi connectivity index (χ1n) is 25.8. The Morgan fingerprint density at radius 2 is 0.519 bits per heavy atom. The molecule has 15 rings (SSSR count). The number of aromatic nitrogens is 6. The molecule has 12 aromatic carbocycles. The zero-order valence-electron chi connectivity index (χ0n) is 41.3. The van der Waals surface area contributed by atoms with Gasteiger partial charge in [0.25, 0.3) is 0 Å². The topological polar surface area (TPSA) is 77.3 Å². The van der Waals surface area contributed by atoms with Crippen molar-refractivity contribution < 1.29 is 0 Å². The molecule has 3 aromatic heterocycles. The monoisotopic (exact) mass is 1050 g/mol. The average Bonchev–Trinajstić information content (AvgIpc) is 3.96. The minimum Gasteiger partial charge on any atom is -0.0615 e. The second kappa shape index (κ2) is 18.6. The molecule has 0 spiro atoms. The standard InChI is InChI=1S/C70H42N6Se/c1-5-22-43(23-6-1)65-71-66(44-24-7-2-8-25-44)74-69(73-65)62-53-34-17-13-30-49(53)60(50-31-14-18-35-54(50)62)47-40-41-48-57-38-21-39-58(64(57)77-59(48)42-47)61-51-32-15-19-36-55(51)63(56-37-20-16-33-52(56)61)70-75-67(45-26-9-3-10-27-45)72-68(76-70)46-28-11-4-12-29-46/h1-42H. The van der Waals surface area contributed by atoms with Crippen LogP contribution >= 0.6 is 0 Å². The molecular weight excluding hydrogens is 1000 g/mol. The normalized spacial score (nSPS) is 11.6. The predicted molar refractivity (Wildman–Crippen MR) is 319 cm³/mol. The second-order valence-corrected chi connectivity index (χ2v) is 21.5. The Labute approximate surface area is 449 Å². The summed E-state index contributed by atoms with van der Waals surface area (Å²) in [5.74, 6) is 3.85. The molecule has 0 N–H and O–H groups in total. The quantitative estimate of drug-likeness (QED) is 0.111. The Morgan fingerprint density at radius 3 is 0.896 bits per heavy atom. The molecule has 0 radical (unpaired) electrons. The number of fused-ring (bicyclic) bond motifs is 7. The third kappa shape index (κ3) is 7.63. The van der Waals surface area contributed by atoms with Gasteiger partial charge in [0, 0.05) is 0 Å². The van der Waals surface area contributed by atoms with Crippen LogP contribution in [-0.4, -0.2) is 44.4 Å².